The van der Waals surface area contributed by atoms with Gasteiger partial charge in [-0.2, -0.15) is 4.31 Å². The van der Waals surface area contributed by atoms with Gasteiger partial charge >= 0.3 is 0 Å². The van der Waals surface area contributed by atoms with E-state index in [0.717, 1.165) is 23.4 Å². The first kappa shape index (κ1) is 25.6. The highest BCUT2D eigenvalue weighted by Crippen LogP contribution is 2.34. The molecule has 35 heavy (non-hydrogen) atoms. The standard InChI is InChI=1S/C25H34N4O5S/c1-2-3-4-20-5-7-21(8-6-20)22-9-10-23(26-19-22)28-13-15-29(16-14-28)35(32,33)25(24(30)27-31)11-17-34-18-12-25/h5-10,19,31H,2-4,11-18H2,1H3,(H,27,30). The number of ether oxygens (including phenoxy) is 1. The molecule has 2 N–H and O–H groups in total. The van der Waals surface area contributed by atoms with Crippen LogP contribution in [0.25, 0.3) is 11.1 Å². The highest BCUT2D eigenvalue weighted by Gasteiger charge is 2.54. The van der Waals surface area contributed by atoms with Crippen LogP contribution in [0.15, 0.2) is 42.6 Å². The lowest BCUT2D eigenvalue weighted by molar-refractivity contribution is -0.134. The van der Waals surface area contributed by atoms with E-state index in [2.05, 4.69) is 36.2 Å². The third-order valence-corrected chi connectivity index (χ3v) is 9.69. The molecule has 1 aromatic carbocycles. The highest BCUT2D eigenvalue weighted by molar-refractivity contribution is 7.91. The maximum absolute atomic E-state index is 13.5. The Balaban J connectivity index is 1.41. The van der Waals surface area contributed by atoms with E-state index in [9.17, 15) is 18.4 Å². The lowest BCUT2D eigenvalue weighted by atomic mass is 9.98. The summed E-state index contributed by atoms with van der Waals surface area (Å²) >= 11 is 0. The van der Waals surface area contributed by atoms with E-state index in [1.165, 1.54) is 22.7 Å². The zero-order chi connectivity index (χ0) is 24.9. The van der Waals surface area contributed by atoms with Crippen molar-refractivity contribution in [3.63, 3.8) is 0 Å². The minimum atomic E-state index is -3.98. The number of nitrogens with zero attached hydrogens (tertiary/aromatic N) is 3. The third-order valence-electron chi connectivity index (χ3n) is 7.07. The minimum absolute atomic E-state index is 0.0184. The molecule has 0 aliphatic carbocycles. The van der Waals surface area contributed by atoms with Crippen molar-refractivity contribution in [2.45, 2.75) is 43.8 Å². The first-order valence-electron chi connectivity index (χ1n) is 12.2. The number of pyridine rings is 1. The van der Waals surface area contributed by atoms with Crippen LogP contribution in [0.5, 0.6) is 0 Å². The predicted molar refractivity (Wildman–Crippen MR) is 134 cm³/mol. The van der Waals surface area contributed by atoms with E-state index in [-0.39, 0.29) is 39.1 Å². The molecular weight excluding hydrogens is 468 g/mol. The lowest BCUT2D eigenvalue weighted by Gasteiger charge is -2.41. The minimum Gasteiger partial charge on any atom is -0.381 e. The van der Waals surface area contributed by atoms with Crippen LogP contribution in [0, 0.1) is 0 Å². The van der Waals surface area contributed by atoms with Gasteiger partial charge in [0.25, 0.3) is 5.91 Å². The normalized spacial score (nSPS) is 18.9. The van der Waals surface area contributed by atoms with Gasteiger partial charge < -0.3 is 9.64 Å². The Hall–Kier alpha value is -2.53. The second kappa shape index (κ2) is 11.0. The smallest absolute Gasteiger partial charge is 0.266 e. The average molecular weight is 503 g/mol. The van der Waals surface area contributed by atoms with E-state index < -0.39 is 20.7 Å². The first-order chi connectivity index (χ1) is 16.9. The van der Waals surface area contributed by atoms with Crippen LogP contribution in [0.2, 0.25) is 0 Å². The summed E-state index contributed by atoms with van der Waals surface area (Å²) in [6, 6.07) is 12.6. The Kier molecular flexibility index (Phi) is 8.05. The van der Waals surface area contributed by atoms with Gasteiger partial charge in [-0.05, 0) is 36.1 Å². The number of sulfonamides is 1. The van der Waals surface area contributed by atoms with Gasteiger partial charge in [0.05, 0.1) is 0 Å². The molecule has 2 saturated heterocycles. The summed E-state index contributed by atoms with van der Waals surface area (Å²) in [6.45, 7) is 3.92. The second-order valence-electron chi connectivity index (χ2n) is 9.14. The van der Waals surface area contributed by atoms with Crippen molar-refractivity contribution >= 4 is 21.7 Å². The zero-order valence-corrected chi connectivity index (χ0v) is 21.0. The van der Waals surface area contributed by atoms with Crippen LogP contribution < -0.4 is 10.4 Å². The molecule has 3 heterocycles. The summed E-state index contributed by atoms with van der Waals surface area (Å²) in [5, 5.41) is 9.22. The number of amides is 1. The number of hydroxylamine groups is 1. The molecular formula is C25H34N4O5S. The van der Waals surface area contributed by atoms with Crippen molar-refractivity contribution in [1.29, 1.82) is 0 Å². The number of hydrogen-bond acceptors (Lipinski definition) is 7. The van der Waals surface area contributed by atoms with Crippen molar-refractivity contribution in [3.05, 3.63) is 48.2 Å². The first-order valence-corrected chi connectivity index (χ1v) is 13.7. The van der Waals surface area contributed by atoms with Crippen LogP contribution >= 0.6 is 0 Å². The summed E-state index contributed by atoms with van der Waals surface area (Å²) in [4.78, 5) is 19.1. The fourth-order valence-corrected chi connectivity index (χ4v) is 6.90. The SMILES string of the molecule is CCCCc1ccc(-c2ccc(N3CCN(S(=O)(=O)C4(C(=O)NO)CCOCC4)CC3)nc2)cc1. The zero-order valence-electron chi connectivity index (χ0n) is 20.1. The van der Waals surface area contributed by atoms with Crippen molar-refractivity contribution in [3.8, 4) is 11.1 Å². The number of nitrogens with one attached hydrogen (secondary N) is 1. The van der Waals surface area contributed by atoms with Gasteiger partial charge in [0.2, 0.25) is 10.0 Å². The monoisotopic (exact) mass is 502 g/mol. The average Bonchev–Trinajstić information content (AvgIpc) is 2.92. The fourth-order valence-electron chi connectivity index (χ4n) is 4.80. The number of carbonyl (C=O) groups is 1. The molecule has 4 rings (SSSR count). The molecule has 2 fully saturated rings. The van der Waals surface area contributed by atoms with Gasteiger partial charge in [0, 0.05) is 64.0 Å². The maximum Gasteiger partial charge on any atom is 0.266 e. The number of benzene rings is 1. The summed E-state index contributed by atoms with van der Waals surface area (Å²) < 4.78 is 31.8. The molecule has 0 saturated carbocycles. The van der Waals surface area contributed by atoms with Gasteiger partial charge in [-0.25, -0.2) is 18.9 Å². The van der Waals surface area contributed by atoms with Crippen molar-refractivity contribution in [2.24, 2.45) is 0 Å². The number of carbonyl (C=O) groups excluding carboxylic acids is 1. The number of hydrogen-bond donors (Lipinski definition) is 2. The quantitative estimate of drug-likeness (QED) is 0.422. The number of unbranched alkanes of at least 4 members (excludes halogenated alkanes) is 1. The Morgan fingerprint density at radius 3 is 2.29 bits per heavy atom. The number of aryl methyl sites for hydroxylation is 1. The van der Waals surface area contributed by atoms with Crippen molar-refractivity contribution < 1.29 is 23.2 Å². The Morgan fingerprint density at radius 1 is 1.06 bits per heavy atom. The molecule has 0 spiro atoms. The van der Waals surface area contributed by atoms with Crippen LogP contribution in [-0.4, -0.2) is 73.0 Å². The van der Waals surface area contributed by atoms with Crippen LogP contribution in [0.3, 0.4) is 0 Å². The molecule has 0 atom stereocenters. The van der Waals surface area contributed by atoms with E-state index >= 15 is 0 Å². The Labute approximate surface area is 207 Å². The van der Waals surface area contributed by atoms with Crippen molar-refractivity contribution in [2.75, 3.05) is 44.3 Å². The number of anilines is 1. The molecule has 2 aliphatic heterocycles. The molecule has 0 radical (unpaired) electrons. The topological polar surface area (TPSA) is 112 Å². The maximum atomic E-state index is 13.5. The summed E-state index contributed by atoms with van der Waals surface area (Å²) in [7, 11) is -3.98. The number of rotatable bonds is 8. The van der Waals surface area contributed by atoms with E-state index in [1.54, 1.807) is 5.48 Å². The predicted octanol–water partition coefficient (Wildman–Crippen LogP) is 2.60. The second-order valence-corrected chi connectivity index (χ2v) is 11.4. The van der Waals surface area contributed by atoms with Gasteiger partial charge in [-0.3, -0.25) is 10.0 Å². The molecule has 2 aromatic rings. The molecule has 2 aliphatic rings. The Bertz CT molecular complexity index is 1090. The molecule has 190 valence electrons. The molecule has 0 bridgehead atoms. The molecule has 10 heteroatoms. The largest absolute Gasteiger partial charge is 0.381 e. The highest BCUT2D eigenvalue weighted by atomic mass is 32.2. The number of piperazine rings is 1. The molecule has 0 unspecified atom stereocenters. The van der Waals surface area contributed by atoms with E-state index in [1.807, 2.05) is 23.2 Å². The molecule has 9 nitrogen and oxygen atoms in total. The lowest BCUT2D eigenvalue weighted by Crippen LogP contribution is -2.62. The van der Waals surface area contributed by atoms with Crippen molar-refractivity contribution in [1.82, 2.24) is 14.8 Å². The molecule has 1 aromatic heterocycles. The Morgan fingerprint density at radius 2 is 1.71 bits per heavy atom. The summed E-state index contributed by atoms with van der Waals surface area (Å²) in [5.74, 6) is -0.0990. The van der Waals surface area contributed by atoms with Gasteiger partial charge in [-0.15, -0.1) is 0 Å². The van der Waals surface area contributed by atoms with Gasteiger partial charge in [0.1, 0.15) is 5.82 Å². The van der Waals surface area contributed by atoms with E-state index in [4.69, 9.17) is 4.74 Å². The van der Waals surface area contributed by atoms with Crippen LogP contribution in [0.4, 0.5) is 5.82 Å². The van der Waals surface area contributed by atoms with Crippen LogP contribution in [0.1, 0.15) is 38.2 Å². The third kappa shape index (κ3) is 5.20. The number of aromatic nitrogens is 1. The van der Waals surface area contributed by atoms with E-state index in [0.29, 0.717) is 13.1 Å². The van der Waals surface area contributed by atoms with Gasteiger partial charge in [-0.1, -0.05) is 37.6 Å². The summed E-state index contributed by atoms with van der Waals surface area (Å²) in [5.41, 5.74) is 5.06. The van der Waals surface area contributed by atoms with Crippen LogP contribution in [-0.2, 0) is 26.0 Å². The molecule has 1 amide bonds. The fraction of sp³-hybridized carbons (Fsp3) is 0.520. The van der Waals surface area contributed by atoms with Gasteiger partial charge in [0.15, 0.2) is 4.75 Å². The summed E-state index contributed by atoms with van der Waals surface area (Å²) in [6.07, 6.45) is 5.35.